The van der Waals surface area contributed by atoms with E-state index in [4.69, 9.17) is 5.11 Å². The molecule has 1 unspecified atom stereocenters. The number of benzene rings is 1. The minimum absolute atomic E-state index is 0.0572. The van der Waals surface area contributed by atoms with Crippen LogP contribution in [0.1, 0.15) is 48.8 Å². The van der Waals surface area contributed by atoms with Crippen LogP contribution in [0, 0.1) is 11.6 Å². The van der Waals surface area contributed by atoms with Gasteiger partial charge in [0.25, 0.3) is 0 Å². The summed E-state index contributed by atoms with van der Waals surface area (Å²) in [4.78, 5) is 23.6. The van der Waals surface area contributed by atoms with Gasteiger partial charge in [-0.2, -0.15) is 5.10 Å². The Balaban J connectivity index is 1.71. The Kier molecular flexibility index (Phi) is 6.51. The molecule has 6 nitrogen and oxygen atoms in total. The van der Waals surface area contributed by atoms with Crippen molar-refractivity contribution in [1.29, 1.82) is 0 Å². The predicted octanol–water partition coefficient (Wildman–Crippen LogP) is 2.76. The van der Waals surface area contributed by atoms with Gasteiger partial charge in [0.2, 0.25) is 0 Å². The SMILES string of the molecule is O=CCCC(C=O)c1c(F)cc(N2CCC(n3cc(CO)cn3)CC2)cc1F. The molecule has 2 aromatic rings. The summed E-state index contributed by atoms with van der Waals surface area (Å²) in [5, 5.41) is 13.4. The summed E-state index contributed by atoms with van der Waals surface area (Å²) in [7, 11) is 0. The Bertz CT molecular complexity index is 809. The Morgan fingerprint density at radius 2 is 1.89 bits per heavy atom. The van der Waals surface area contributed by atoms with E-state index in [1.54, 1.807) is 6.20 Å². The van der Waals surface area contributed by atoms with Gasteiger partial charge in [-0.25, -0.2) is 8.78 Å². The second-order valence-electron chi connectivity index (χ2n) is 7.01. The van der Waals surface area contributed by atoms with E-state index in [1.807, 2.05) is 15.8 Å². The number of hydrogen-bond donors (Lipinski definition) is 1. The highest BCUT2D eigenvalue weighted by Gasteiger charge is 2.25. The zero-order valence-electron chi connectivity index (χ0n) is 15.4. The number of nitrogens with zero attached hydrogens (tertiary/aromatic N) is 3. The minimum atomic E-state index is -0.967. The number of aliphatic hydroxyl groups is 1. The lowest BCUT2D eigenvalue weighted by Crippen LogP contribution is -2.35. The first-order valence-electron chi connectivity index (χ1n) is 9.34. The molecule has 1 aromatic carbocycles. The summed E-state index contributed by atoms with van der Waals surface area (Å²) in [5.74, 6) is -2.50. The fourth-order valence-electron chi connectivity index (χ4n) is 3.68. The van der Waals surface area contributed by atoms with Gasteiger partial charge >= 0.3 is 0 Å². The fourth-order valence-corrected chi connectivity index (χ4v) is 3.68. The second-order valence-corrected chi connectivity index (χ2v) is 7.01. The number of halogens is 2. The third-order valence-electron chi connectivity index (χ3n) is 5.24. The van der Waals surface area contributed by atoms with E-state index < -0.39 is 17.6 Å². The fraction of sp³-hybridized carbons (Fsp3) is 0.450. The summed E-state index contributed by atoms with van der Waals surface area (Å²) in [5.41, 5.74) is 0.916. The van der Waals surface area contributed by atoms with Crippen LogP contribution in [0.5, 0.6) is 0 Å². The van der Waals surface area contributed by atoms with E-state index in [0.29, 0.717) is 31.3 Å². The van der Waals surface area contributed by atoms with Crippen LogP contribution in [0.2, 0.25) is 0 Å². The molecule has 3 rings (SSSR count). The highest BCUT2D eigenvalue weighted by atomic mass is 19.1. The van der Waals surface area contributed by atoms with Crippen LogP contribution < -0.4 is 4.90 Å². The third kappa shape index (κ3) is 4.27. The average molecular weight is 391 g/mol. The largest absolute Gasteiger partial charge is 0.392 e. The van der Waals surface area contributed by atoms with E-state index in [2.05, 4.69) is 5.10 Å². The number of aromatic nitrogens is 2. The van der Waals surface area contributed by atoms with Crippen molar-refractivity contribution in [3.8, 4) is 0 Å². The van der Waals surface area contributed by atoms with Crippen LogP contribution in [0.3, 0.4) is 0 Å². The lowest BCUT2D eigenvalue weighted by Gasteiger charge is -2.34. The van der Waals surface area contributed by atoms with Crippen molar-refractivity contribution in [3.63, 3.8) is 0 Å². The predicted molar refractivity (Wildman–Crippen MR) is 99.1 cm³/mol. The van der Waals surface area contributed by atoms with Gasteiger partial charge in [-0.15, -0.1) is 0 Å². The van der Waals surface area contributed by atoms with Crippen molar-refractivity contribution in [2.45, 2.75) is 44.2 Å². The lowest BCUT2D eigenvalue weighted by molar-refractivity contribution is -0.110. The summed E-state index contributed by atoms with van der Waals surface area (Å²) >= 11 is 0. The number of aliphatic hydroxyl groups excluding tert-OH is 1. The molecule has 150 valence electrons. The highest BCUT2D eigenvalue weighted by Crippen LogP contribution is 2.32. The quantitative estimate of drug-likeness (QED) is 0.701. The van der Waals surface area contributed by atoms with E-state index >= 15 is 0 Å². The molecule has 0 amide bonds. The minimum Gasteiger partial charge on any atom is -0.392 e. The molecule has 28 heavy (non-hydrogen) atoms. The molecule has 8 heteroatoms. The molecule has 1 saturated heterocycles. The van der Waals surface area contributed by atoms with E-state index in [0.717, 1.165) is 18.4 Å². The molecule has 1 aliphatic rings. The second kappa shape index (κ2) is 9.05. The maximum Gasteiger partial charge on any atom is 0.132 e. The number of piperidine rings is 1. The van der Waals surface area contributed by atoms with Crippen LogP contribution in [0.25, 0.3) is 0 Å². The zero-order chi connectivity index (χ0) is 20.1. The summed E-state index contributed by atoms with van der Waals surface area (Å²) in [6.45, 7) is 1.16. The van der Waals surface area contributed by atoms with Gasteiger partial charge < -0.3 is 19.6 Å². The molecule has 0 spiro atoms. The zero-order valence-corrected chi connectivity index (χ0v) is 15.4. The van der Waals surface area contributed by atoms with Crippen molar-refractivity contribution < 1.29 is 23.5 Å². The molecule has 1 N–H and O–H groups in total. The van der Waals surface area contributed by atoms with Gasteiger partial charge in [0.1, 0.15) is 24.2 Å². The molecular weight excluding hydrogens is 368 g/mol. The van der Waals surface area contributed by atoms with Crippen molar-refractivity contribution in [1.82, 2.24) is 9.78 Å². The molecular formula is C20H23F2N3O3. The van der Waals surface area contributed by atoms with Gasteiger partial charge in [-0.1, -0.05) is 0 Å². The van der Waals surface area contributed by atoms with Gasteiger partial charge in [0, 0.05) is 48.4 Å². The molecule has 2 heterocycles. The molecule has 0 saturated carbocycles. The molecule has 0 bridgehead atoms. The number of rotatable bonds is 8. The number of hydrogen-bond acceptors (Lipinski definition) is 5. The molecule has 0 radical (unpaired) electrons. The highest BCUT2D eigenvalue weighted by molar-refractivity contribution is 5.65. The first kappa shape index (κ1) is 20.1. The van der Waals surface area contributed by atoms with E-state index in [1.165, 1.54) is 12.1 Å². The number of anilines is 1. The smallest absolute Gasteiger partial charge is 0.132 e. The van der Waals surface area contributed by atoms with Crippen LogP contribution in [0.4, 0.5) is 14.5 Å². The van der Waals surface area contributed by atoms with E-state index in [-0.39, 0.29) is 31.1 Å². The molecule has 1 fully saturated rings. The lowest BCUT2D eigenvalue weighted by atomic mass is 9.94. The van der Waals surface area contributed by atoms with Gasteiger partial charge in [-0.05, 0) is 31.4 Å². The van der Waals surface area contributed by atoms with Crippen LogP contribution >= 0.6 is 0 Å². The monoisotopic (exact) mass is 391 g/mol. The molecule has 0 aliphatic carbocycles. The van der Waals surface area contributed by atoms with Crippen LogP contribution in [-0.4, -0.2) is 40.5 Å². The van der Waals surface area contributed by atoms with Crippen molar-refractivity contribution >= 4 is 18.3 Å². The topological polar surface area (TPSA) is 75.4 Å². The van der Waals surface area contributed by atoms with Gasteiger partial charge in [-0.3, -0.25) is 4.68 Å². The maximum absolute atomic E-state index is 14.6. The van der Waals surface area contributed by atoms with Gasteiger partial charge in [0.15, 0.2) is 0 Å². The average Bonchev–Trinajstić information content (AvgIpc) is 3.19. The molecule has 1 aromatic heterocycles. The number of carbonyl (C=O) groups excluding carboxylic acids is 2. The van der Waals surface area contributed by atoms with Crippen LogP contribution in [-0.2, 0) is 16.2 Å². The Morgan fingerprint density at radius 1 is 1.21 bits per heavy atom. The Labute approximate surface area is 161 Å². The Morgan fingerprint density at radius 3 is 2.43 bits per heavy atom. The van der Waals surface area contributed by atoms with Crippen LogP contribution in [0.15, 0.2) is 24.5 Å². The van der Waals surface area contributed by atoms with Crippen molar-refractivity contribution in [3.05, 3.63) is 47.3 Å². The Hall–Kier alpha value is -2.61. The van der Waals surface area contributed by atoms with Gasteiger partial charge in [0.05, 0.1) is 18.8 Å². The first-order valence-corrected chi connectivity index (χ1v) is 9.34. The summed E-state index contributed by atoms with van der Waals surface area (Å²) in [6.07, 6.45) is 6.24. The number of aldehydes is 2. The maximum atomic E-state index is 14.6. The summed E-state index contributed by atoms with van der Waals surface area (Å²) in [6, 6.07) is 2.69. The van der Waals surface area contributed by atoms with E-state index in [9.17, 15) is 18.4 Å². The first-order chi connectivity index (χ1) is 13.6. The number of carbonyl (C=O) groups is 2. The van der Waals surface area contributed by atoms with Crippen molar-refractivity contribution in [2.24, 2.45) is 0 Å². The summed E-state index contributed by atoms with van der Waals surface area (Å²) < 4.78 is 31.0. The molecule has 1 aliphatic heterocycles. The van der Waals surface area contributed by atoms with Crippen molar-refractivity contribution in [2.75, 3.05) is 18.0 Å². The third-order valence-corrected chi connectivity index (χ3v) is 5.24. The normalized spacial score (nSPS) is 16.2. The standard InChI is InChI=1S/C20H23F2N3O3/c21-18-8-17(9-19(22)20(18)15(13-28)2-1-7-26)24-5-3-16(4-6-24)25-11-14(12-27)10-23-25/h7-11,13,15-16,27H,1-6,12H2. The molecule has 1 atom stereocenters.